The second-order valence-corrected chi connectivity index (χ2v) is 3.60. The number of anilines is 1. The zero-order valence-electron chi connectivity index (χ0n) is 7.56. The molecule has 0 bridgehead atoms. The molecule has 0 amide bonds. The fraction of sp³-hybridized carbons (Fsp3) is 0.143. The van der Waals surface area contributed by atoms with Gasteiger partial charge in [0, 0.05) is 12.3 Å². The highest BCUT2D eigenvalue weighted by Gasteiger charge is 2.16. The molecule has 1 heterocycles. The maximum Gasteiger partial charge on any atom is 0.332 e. The minimum Gasteiger partial charge on any atom is -0.375 e. The second-order valence-electron chi connectivity index (χ2n) is 2.37. The average molecular weight is 248 g/mol. The number of nitrogens with two attached hydrogens (primary N) is 1. The molecular formula is C7H6ClN3O3S. The Morgan fingerprint density at radius 2 is 2.33 bits per heavy atom. The molecular weight excluding hydrogens is 242 g/mol. The smallest absolute Gasteiger partial charge is 0.332 e. The SMILES string of the molecule is CC(=O)O/N=C(/C(=O)Cl)c1csc(N)n1. The summed E-state index contributed by atoms with van der Waals surface area (Å²) < 4.78 is 0. The van der Waals surface area contributed by atoms with E-state index in [9.17, 15) is 9.59 Å². The molecule has 8 heteroatoms. The third kappa shape index (κ3) is 3.30. The molecule has 0 saturated heterocycles. The van der Waals surface area contributed by atoms with Gasteiger partial charge in [0.05, 0.1) is 0 Å². The van der Waals surface area contributed by atoms with Gasteiger partial charge < -0.3 is 10.6 Å². The summed E-state index contributed by atoms with van der Waals surface area (Å²) in [6, 6.07) is 0. The molecule has 0 saturated carbocycles. The summed E-state index contributed by atoms with van der Waals surface area (Å²) in [5.74, 6) is -0.659. The van der Waals surface area contributed by atoms with Gasteiger partial charge in [-0.25, -0.2) is 9.78 Å². The molecule has 1 aromatic heterocycles. The third-order valence-corrected chi connectivity index (χ3v) is 2.07. The van der Waals surface area contributed by atoms with E-state index in [-0.39, 0.29) is 16.5 Å². The van der Waals surface area contributed by atoms with E-state index in [2.05, 4.69) is 15.0 Å². The number of nitrogen functional groups attached to an aromatic ring is 1. The van der Waals surface area contributed by atoms with Gasteiger partial charge in [0.15, 0.2) is 10.8 Å². The van der Waals surface area contributed by atoms with E-state index in [1.54, 1.807) is 0 Å². The summed E-state index contributed by atoms with van der Waals surface area (Å²) in [5, 5.41) is 4.15. The normalized spacial score (nSPS) is 11.2. The molecule has 0 unspecified atom stereocenters. The van der Waals surface area contributed by atoms with Crippen LogP contribution in [0.15, 0.2) is 10.5 Å². The summed E-state index contributed by atoms with van der Waals surface area (Å²) in [6.07, 6.45) is 0. The van der Waals surface area contributed by atoms with Crippen molar-refractivity contribution in [2.75, 3.05) is 5.73 Å². The highest BCUT2D eigenvalue weighted by molar-refractivity contribution is 7.13. The van der Waals surface area contributed by atoms with E-state index in [1.807, 2.05) is 0 Å². The van der Waals surface area contributed by atoms with Crippen molar-refractivity contribution in [3.63, 3.8) is 0 Å². The third-order valence-electron chi connectivity index (χ3n) is 1.22. The first-order chi connectivity index (χ1) is 7.00. The lowest BCUT2D eigenvalue weighted by Gasteiger charge is -1.95. The van der Waals surface area contributed by atoms with Crippen LogP contribution >= 0.6 is 22.9 Å². The number of aromatic nitrogens is 1. The maximum absolute atomic E-state index is 10.9. The lowest BCUT2D eigenvalue weighted by Crippen LogP contribution is -2.11. The van der Waals surface area contributed by atoms with Crippen LogP contribution in [-0.4, -0.2) is 21.9 Å². The van der Waals surface area contributed by atoms with Gasteiger partial charge in [-0.3, -0.25) is 4.79 Å². The first kappa shape index (κ1) is 11.6. The van der Waals surface area contributed by atoms with E-state index >= 15 is 0 Å². The fourth-order valence-corrected chi connectivity index (χ4v) is 1.37. The van der Waals surface area contributed by atoms with Crippen LogP contribution < -0.4 is 5.73 Å². The lowest BCUT2D eigenvalue weighted by molar-refractivity contribution is -0.140. The number of hydrogen-bond donors (Lipinski definition) is 1. The van der Waals surface area contributed by atoms with Gasteiger partial charge in [-0.2, -0.15) is 0 Å². The van der Waals surface area contributed by atoms with Gasteiger partial charge in [0.25, 0.3) is 5.24 Å². The van der Waals surface area contributed by atoms with E-state index < -0.39 is 11.2 Å². The molecule has 6 nitrogen and oxygen atoms in total. The number of oxime groups is 1. The van der Waals surface area contributed by atoms with Crippen LogP contribution in [0, 0.1) is 0 Å². The van der Waals surface area contributed by atoms with Crippen molar-refractivity contribution < 1.29 is 14.4 Å². The Labute approximate surface area is 93.7 Å². The monoisotopic (exact) mass is 247 g/mol. The van der Waals surface area contributed by atoms with Gasteiger partial charge in [-0.05, 0) is 11.6 Å². The Hall–Kier alpha value is -1.47. The van der Waals surface area contributed by atoms with E-state index in [1.165, 1.54) is 5.38 Å². The molecule has 0 atom stereocenters. The number of hydrogen-bond acceptors (Lipinski definition) is 7. The van der Waals surface area contributed by atoms with Crippen LogP contribution in [-0.2, 0) is 14.4 Å². The quantitative estimate of drug-likeness (QED) is 0.368. The van der Waals surface area contributed by atoms with Crippen molar-refractivity contribution in [3.05, 3.63) is 11.1 Å². The molecule has 1 rings (SSSR count). The molecule has 0 radical (unpaired) electrons. The second kappa shape index (κ2) is 4.85. The number of rotatable bonds is 3. The topological polar surface area (TPSA) is 94.6 Å². The highest BCUT2D eigenvalue weighted by atomic mass is 35.5. The minimum absolute atomic E-state index is 0.179. The van der Waals surface area contributed by atoms with Crippen molar-refractivity contribution in [2.45, 2.75) is 6.92 Å². The Morgan fingerprint density at radius 1 is 1.67 bits per heavy atom. The van der Waals surface area contributed by atoms with E-state index in [4.69, 9.17) is 17.3 Å². The van der Waals surface area contributed by atoms with Crippen molar-refractivity contribution in [3.8, 4) is 0 Å². The minimum atomic E-state index is -0.874. The van der Waals surface area contributed by atoms with Crippen LogP contribution in [0.3, 0.4) is 0 Å². The summed E-state index contributed by atoms with van der Waals surface area (Å²) >= 11 is 6.35. The Bertz CT molecular complexity index is 429. The molecule has 0 spiro atoms. The van der Waals surface area contributed by atoms with Crippen LogP contribution in [0.2, 0.25) is 0 Å². The van der Waals surface area contributed by atoms with Crippen LogP contribution in [0.5, 0.6) is 0 Å². The van der Waals surface area contributed by atoms with Gasteiger partial charge in [-0.15, -0.1) is 11.3 Å². The molecule has 80 valence electrons. The van der Waals surface area contributed by atoms with Gasteiger partial charge in [-0.1, -0.05) is 5.16 Å². The highest BCUT2D eigenvalue weighted by Crippen LogP contribution is 2.13. The van der Waals surface area contributed by atoms with Crippen LogP contribution in [0.25, 0.3) is 0 Å². The Kier molecular flexibility index (Phi) is 3.75. The molecule has 2 N–H and O–H groups in total. The fourth-order valence-electron chi connectivity index (χ4n) is 0.690. The largest absolute Gasteiger partial charge is 0.375 e. The first-order valence-electron chi connectivity index (χ1n) is 3.67. The van der Waals surface area contributed by atoms with Gasteiger partial charge >= 0.3 is 5.97 Å². The Morgan fingerprint density at radius 3 is 2.73 bits per heavy atom. The standard InChI is InChI=1S/C7H6ClN3O3S/c1-3(12)14-11-5(6(8)13)4-2-15-7(9)10-4/h2H,1H3,(H2,9,10)/b11-5+. The predicted octanol–water partition coefficient (Wildman–Crippen LogP) is 0.758. The molecule has 0 aliphatic heterocycles. The van der Waals surface area contributed by atoms with Gasteiger partial charge in [0.1, 0.15) is 5.69 Å². The van der Waals surface area contributed by atoms with Crippen LogP contribution in [0.4, 0.5) is 5.13 Å². The molecule has 0 fully saturated rings. The van der Waals surface area contributed by atoms with E-state index in [0.717, 1.165) is 18.3 Å². The van der Waals surface area contributed by atoms with Crippen LogP contribution in [0.1, 0.15) is 12.6 Å². The summed E-state index contributed by atoms with van der Waals surface area (Å²) in [4.78, 5) is 29.5. The lowest BCUT2D eigenvalue weighted by atomic mass is 10.3. The molecule has 15 heavy (non-hydrogen) atoms. The van der Waals surface area contributed by atoms with Crippen molar-refractivity contribution in [1.82, 2.24) is 4.98 Å². The molecule has 0 aromatic carbocycles. The van der Waals surface area contributed by atoms with Crippen molar-refractivity contribution in [1.29, 1.82) is 0 Å². The zero-order chi connectivity index (χ0) is 11.4. The number of nitrogens with zero attached hydrogens (tertiary/aromatic N) is 2. The van der Waals surface area contributed by atoms with E-state index in [0.29, 0.717) is 0 Å². The number of thiazole rings is 1. The molecule has 1 aromatic rings. The summed E-state index contributed by atoms with van der Waals surface area (Å²) in [6.45, 7) is 1.15. The summed E-state index contributed by atoms with van der Waals surface area (Å²) in [5.41, 5.74) is 5.29. The maximum atomic E-state index is 10.9. The van der Waals surface area contributed by atoms with Gasteiger partial charge in [0.2, 0.25) is 0 Å². The number of carbonyl (C=O) groups is 2. The molecule has 0 aliphatic carbocycles. The predicted molar refractivity (Wildman–Crippen MR) is 55.7 cm³/mol. The average Bonchev–Trinajstić information content (AvgIpc) is 2.51. The first-order valence-corrected chi connectivity index (χ1v) is 4.93. The van der Waals surface area contributed by atoms with Crippen molar-refractivity contribution in [2.24, 2.45) is 5.16 Å². The zero-order valence-corrected chi connectivity index (χ0v) is 9.13. The summed E-state index contributed by atoms with van der Waals surface area (Å²) in [7, 11) is 0. The number of halogens is 1. The number of carbonyl (C=O) groups excluding carboxylic acids is 2. The van der Waals surface area contributed by atoms with Crippen molar-refractivity contribution >= 4 is 45.0 Å². The Balaban J connectivity index is 2.98. The molecule has 0 aliphatic rings.